The highest BCUT2D eigenvalue weighted by atomic mass is 31.2. The Labute approximate surface area is 175 Å². The maximum absolute atomic E-state index is 11.8. The van der Waals surface area contributed by atoms with Crippen LogP contribution in [0.3, 0.4) is 0 Å². The molecule has 0 amide bonds. The van der Waals surface area contributed by atoms with Crippen molar-refractivity contribution in [1.82, 2.24) is 0 Å². The average molecular weight is 423 g/mol. The van der Waals surface area contributed by atoms with Gasteiger partial charge in [0.2, 0.25) is 0 Å². The fourth-order valence-corrected chi connectivity index (χ4v) is 4.03. The molecule has 0 aromatic heterocycles. The van der Waals surface area contributed by atoms with Crippen LogP contribution in [-0.4, -0.2) is 50.3 Å². The van der Waals surface area contributed by atoms with E-state index in [1.54, 1.807) is 0 Å². The molecular weight excluding hydrogens is 373 g/mol. The highest BCUT2D eigenvalue weighted by Gasteiger charge is 2.20. The van der Waals surface area contributed by atoms with Crippen LogP contribution in [0, 0.1) is 0 Å². The summed E-state index contributed by atoms with van der Waals surface area (Å²) in [7, 11) is 2.40. The molecule has 1 unspecified atom stereocenters. The molecule has 0 aliphatic rings. The smallest absolute Gasteiger partial charge is 0.331 e. The minimum atomic E-state index is -3.87. The monoisotopic (exact) mass is 422 g/mol. The highest BCUT2D eigenvalue weighted by Crippen LogP contribution is 2.43. The number of quaternary nitrogens is 1. The van der Waals surface area contributed by atoms with E-state index in [2.05, 4.69) is 28.1 Å². The van der Waals surface area contributed by atoms with Crippen molar-refractivity contribution in [2.24, 2.45) is 0 Å². The van der Waals surface area contributed by atoms with Gasteiger partial charge in [-0.1, -0.05) is 90.4 Å². The summed E-state index contributed by atoms with van der Waals surface area (Å²) < 4.78 is 22.7. The molecule has 0 aromatic carbocycles. The second kappa shape index (κ2) is 17.9. The molecular formula is C22H49NO4P+. The van der Waals surface area contributed by atoms with E-state index < -0.39 is 7.82 Å². The van der Waals surface area contributed by atoms with Gasteiger partial charge >= 0.3 is 7.82 Å². The molecule has 0 saturated carbocycles. The van der Waals surface area contributed by atoms with Gasteiger partial charge in [0.15, 0.2) is 0 Å². The van der Waals surface area contributed by atoms with Gasteiger partial charge in [-0.15, -0.1) is 0 Å². The van der Waals surface area contributed by atoms with Crippen LogP contribution < -0.4 is 0 Å². The van der Waals surface area contributed by atoms with Crippen LogP contribution in [0.1, 0.15) is 103 Å². The van der Waals surface area contributed by atoms with E-state index in [1.165, 1.54) is 77.0 Å². The summed E-state index contributed by atoms with van der Waals surface area (Å²) in [5.41, 5.74) is 0. The third-order valence-electron chi connectivity index (χ3n) is 4.98. The molecule has 0 rings (SSSR count). The van der Waals surface area contributed by atoms with Crippen LogP contribution in [0.2, 0.25) is 0 Å². The lowest BCUT2D eigenvalue weighted by atomic mass is 10.0. The second-order valence-electron chi connectivity index (χ2n) is 9.10. The molecule has 0 spiro atoms. The predicted molar refractivity (Wildman–Crippen MR) is 120 cm³/mol. The van der Waals surface area contributed by atoms with Crippen LogP contribution in [0.25, 0.3) is 0 Å². The summed E-state index contributed by atoms with van der Waals surface area (Å²) in [6.45, 7) is 3.74. The summed E-state index contributed by atoms with van der Waals surface area (Å²) in [6.07, 6.45) is 18.8. The van der Waals surface area contributed by atoms with Crippen LogP contribution in [-0.2, 0) is 13.6 Å². The van der Waals surface area contributed by atoms with Gasteiger partial charge in [0.1, 0.15) is 0 Å². The quantitative estimate of drug-likeness (QED) is 0.127. The maximum Gasteiger partial charge on any atom is 0.472 e. The van der Waals surface area contributed by atoms with E-state index in [0.717, 1.165) is 30.3 Å². The first-order valence-corrected chi connectivity index (χ1v) is 13.2. The van der Waals surface area contributed by atoms with E-state index in [-0.39, 0.29) is 6.61 Å². The van der Waals surface area contributed by atoms with E-state index in [0.29, 0.717) is 6.61 Å². The lowest BCUT2D eigenvalue weighted by Gasteiger charge is -2.23. The van der Waals surface area contributed by atoms with Crippen molar-refractivity contribution in [2.75, 3.05) is 40.9 Å². The van der Waals surface area contributed by atoms with Gasteiger partial charge in [0, 0.05) is 6.42 Å². The fourth-order valence-electron chi connectivity index (χ4n) is 3.23. The molecule has 0 radical (unpaired) electrons. The first-order chi connectivity index (χ1) is 13.3. The Kier molecular flexibility index (Phi) is 17.9. The summed E-state index contributed by atoms with van der Waals surface area (Å²) in [5, 5.41) is 0. The van der Waals surface area contributed by atoms with Gasteiger partial charge in [-0.25, -0.2) is 4.57 Å². The summed E-state index contributed by atoms with van der Waals surface area (Å²) in [4.78, 5) is 9.65. The van der Waals surface area contributed by atoms with Crippen molar-refractivity contribution in [3.05, 3.63) is 0 Å². The van der Waals surface area contributed by atoms with Gasteiger partial charge in [0.05, 0.1) is 40.9 Å². The lowest BCUT2D eigenvalue weighted by Crippen LogP contribution is -2.35. The van der Waals surface area contributed by atoms with Crippen molar-refractivity contribution in [1.29, 1.82) is 0 Å². The minimum Gasteiger partial charge on any atom is -0.331 e. The van der Waals surface area contributed by atoms with E-state index in [9.17, 15) is 9.46 Å². The first kappa shape index (κ1) is 28.1. The first-order valence-electron chi connectivity index (χ1n) is 11.7. The van der Waals surface area contributed by atoms with E-state index in [1.807, 2.05) is 0 Å². The molecule has 0 bridgehead atoms. The number of hydrogen-bond donors (Lipinski definition) is 1. The highest BCUT2D eigenvalue weighted by molar-refractivity contribution is 7.47. The number of phosphoric acid groups is 1. The number of rotatable bonds is 21. The molecule has 0 aliphatic heterocycles. The molecule has 0 aromatic rings. The molecule has 0 saturated heterocycles. The third kappa shape index (κ3) is 22.4. The SMILES string of the molecule is CCCCCCCCCCCCCCCCOP(=O)(O)OCCC[N+](C)(C)C. The van der Waals surface area contributed by atoms with Crippen LogP contribution in [0.4, 0.5) is 0 Å². The van der Waals surface area contributed by atoms with Crippen LogP contribution >= 0.6 is 7.82 Å². The van der Waals surface area contributed by atoms with Gasteiger partial charge in [-0.05, 0) is 6.42 Å². The van der Waals surface area contributed by atoms with Crippen molar-refractivity contribution < 1.29 is 23.0 Å². The molecule has 5 nitrogen and oxygen atoms in total. The molecule has 0 heterocycles. The Morgan fingerprint density at radius 3 is 1.39 bits per heavy atom. The number of nitrogens with zero attached hydrogens (tertiary/aromatic N) is 1. The Balaban J connectivity index is 3.32. The van der Waals surface area contributed by atoms with Crippen LogP contribution in [0.15, 0.2) is 0 Å². The van der Waals surface area contributed by atoms with E-state index in [4.69, 9.17) is 9.05 Å². The zero-order valence-corrected chi connectivity index (χ0v) is 20.2. The van der Waals surface area contributed by atoms with E-state index >= 15 is 0 Å². The minimum absolute atomic E-state index is 0.266. The topological polar surface area (TPSA) is 55.8 Å². The van der Waals surface area contributed by atoms with Crippen molar-refractivity contribution >= 4 is 7.82 Å². The van der Waals surface area contributed by atoms with Crippen molar-refractivity contribution in [3.63, 3.8) is 0 Å². The lowest BCUT2D eigenvalue weighted by molar-refractivity contribution is -0.870. The van der Waals surface area contributed by atoms with Gasteiger partial charge in [0.25, 0.3) is 0 Å². The fraction of sp³-hybridized carbons (Fsp3) is 1.00. The van der Waals surface area contributed by atoms with Crippen molar-refractivity contribution in [3.8, 4) is 0 Å². The number of unbranched alkanes of at least 4 members (excludes halogenated alkanes) is 13. The molecule has 0 aliphatic carbocycles. The Bertz CT molecular complexity index is 385. The normalized spacial score (nSPS) is 14.3. The molecule has 1 atom stereocenters. The van der Waals surface area contributed by atoms with Crippen molar-refractivity contribution in [2.45, 2.75) is 103 Å². The number of hydrogen-bond acceptors (Lipinski definition) is 3. The zero-order valence-electron chi connectivity index (χ0n) is 19.3. The standard InChI is InChI=1S/C22H48NO4P/c1-5-6-7-8-9-10-11-12-13-14-15-16-17-18-21-26-28(24,25)27-22-19-20-23(2,3)4/h5-22H2,1-4H3/p+1. The predicted octanol–water partition coefficient (Wildman–Crippen LogP) is 6.70. The zero-order chi connectivity index (χ0) is 21.1. The Morgan fingerprint density at radius 1 is 0.643 bits per heavy atom. The summed E-state index contributed by atoms with van der Waals surface area (Å²) >= 11 is 0. The van der Waals surface area contributed by atoms with Crippen LogP contribution in [0.5, 0.6) is 0 Å². The molecule has 1 N–H and O–H groups in total. The third-order valence-corrected chi connectivity index (χ3v) is 6.00. The Hall–Kier alpha value is 0.0700. The van der Waals surface area contributed by atoms with Gasteiger partial charge < -0.3 is 9.38 Å². The molecule has 0 fully saturated rings. The average Bonchev–Trinajstić information content (AvgIpc) is 2.61. The number of phosphoric ester groups is 1. The maximum atomic E-state index is 11.8. The summed E-state index contributed by atoms with van der Waals surface area (Å²) in [6, 6.07) is 0. The molecule has 170 valence electrons. The Morgan fingerprint density at radius 2 is 1.00 bits per heavy atom. The largest absolute Gasteiger partial charge is 0.472 e. The second-order valence-corrected chi connectivity index (χ2v) is 10.6. The molecule has 28 heavy (non-hydrogen) atoms. The summed E-state index contributed by atoms with van der Waals surface area (Å²) in [5.74, 6) is 0. The van der Waals surface area contributed by atoms with Gasteiger partial charge in [-0.3, -0.25) is 9.05 Å². The van der Waals surface area contributed by atoms with Gasteiger partial charge in [-0.2, -0.15) is 0 Å². The molecule has 6 heteroatoms.